The van der Waals surface area contributed by atoms with Crippen molar-refractivity contribution in [3.63, 3.8) is 0 Å². The highest BCUT2D eigenvalue weighted by Crippen LogP contribution is 2.15. The number of benzene rings is 1. The van der Waals surface area contributed by atoms with E-state index in [2.05, 4.69) is 10.5 Å². The number of nitrogens with zero attached hydrogens (tertiary/aromatic N) is 3. The van der Waals surface area contributed by atoms with Gasteiger partial charge in [0, 0.05) is 43.9 Å². The van der Waals surface area contributed by atoms with Crippen LogP contribution < -0.4 is 5.32 Å². The van der Waals surface area contributed by atoms with E-state index in [4.69, 9.17) is 4.52 Å². The van der Waals surface area contributed by atoms with Gasteiger partial charge in [-0.05, 0) is 25.5 Å². The zero-order chi connectivity index (χ0) is 17.5. The van der Waals surface area contributed by atoms with Crippen molar-refractivity contribution in [2.45, 2.75) is 26.3 Å². The summed E-state index contributed by atoms with van der Waals surface area (Å²) in [7, 11) is 1.73. The molecule has 128 valence electrons. The minimum absolute atomic E-state index is 0.0288. The molecular formula is C16H20N4O4. The lowest BCUT2D eigenvalue weighted by Crippen LogP contribution is -2.26. The van der Waals surface area contributed by atoms with E-state index in [1.807, 2.05) is 6.92 Å². The van der Waals surface area contributed by atoms with Crippen molar-refractivity contribution in [3.05, 3.63) is 51.9 Å². The number of hydrogen-bond donors (Lipinski definition) is 1. The molecule has 0 bridgehead atoms. The largest absolute Gasteiger partial charge is 0.385 e. The number of carbonyl (C=O) groups is 1. The number of nitro groups is 1. The maximum atomic E-state index is 12.0. The molecule has 2 aromatic rings. The molecule has 0 radical (unpaired) electrons. The molecule has 0 aliphatic carbocycles. The van der Waals surface area contributed by atoms with Crippen molar-refractivity contribution in [1.29, 1.82) is 0 Å². The first-order chi connectivity index (χ1) is 11.5. The summed E-state index contributed by atoms with van der Waals surface area (Å²) in [5.74, 6) is 0.749. The summed E-state index contributed by atoms with van der Waals surface area (Å²) in [6.45, 7) is 2.84. The van der Waals surface area contributed by atoms with Crippen LogP contribution in [-0.4, -0.2) is 34.5 Å². The van der Waals surface area contributed by atoms with Crippen molar-refractivity contribution in [2.24, 2.45) is 0 Å². The summed E-state index contributed by atoms with van der Waals surface area (Å²) in [6, 6.07) is 8.00. The van der Waals surface area contributed by atoms with E-state index in [0.717, 1.165) is 17.1 Å². The molecule has 8 heteroatoms. The standard InChI is InChI=1S/C16H20N4O4/c1-12-10-14(18-24-12)11-19(2)16(21)4-3-9-17-13-5-7-15(8-6-13)20(22)23/h5-8,10,17H,3-4,9,11H2,1-2H3. The van der Waals surface area contributed by atoms with Crippen LogP contribution in [0.3, 0.4) is 0 Å². The number of aromatic nitrogens is 1. The molecule has 1 N–H and O–H groups in total. The lowest BCUT2D eigenvalue weighted by atomic mass is 10.2. The molecule has 0 saturated carbocycles. The van der Waals surface area contributed by atoms with Crippen LogP contribution in [0.5, 0.6) is 0 Å². The highest BCUT2D eigenvalue weighted by Gasteiger charge is 2.11. The molecular weight excluding hydrogens is 312 g/mol. The average molecular weight is 332 g/mol. The minimum Gasteiger partial charge on any atom is -0.385 e. The Labute approximate surface area is 139 Å². The number of rotatable bonds is 8. The summed E-state index contributed by atoms with van der Waals surface area (Å²) in [6.07, 6.45) is 1.07. The van der Waals surface area contributed by atoms with Gasteiger partial charge in [-0.3, -0.25) is 14.9 Å². The van der Waals surface area contributed by atoms with Gasteiger partial charge in [0.1, 0.15) is 11.5 Å². The zero-order valence-electron chi connectivity index (χ0n) is 13.7. The molecule has 1 amide bonds. The molecule has 0 spiro atoms. The summed E-state index contributed by atoms with van der Waals surface area (Å²) < 4.78 is 4.98. The number of hydrogen-bond acceptors (Lipinski definition) is 6. The van der Waals surface area contributed by atoms with Gasteiger partial charge in [-0.2, -0.15) is 0 Å². The number of nitro benzene ring substituents is 1. The Kier molecular flexibility index (Phi) is 5.89. The second kappa shape index (κ2) is 8.09. The Morgan fingerprint density at radius 1 is 1.38 bits per heavy atom. The van der Waals surface area contributed by atoms with Crippen LogP contribution in [0.4, 0.5) is 11.4 Å². The molecule has 0 atom stereocenters. The van der Waals surface area contributed by atoms with E-state index >= 15 is 0 Å². The number of amides is 1. The Hall–Kier alpha value is -2.90. The third kappa shape index (κ3) is 5.08. The molecule has 0 saturated heterocycles. The normalized spacial score (nSPS) is 10.4. The Bertz CT molecular complexity index is 696. The topological polar surface area (TPSA) is 102 Å². The Morgan fingerprint density at radius 2 is 2.08 bits per heavy atom. The maximum Gasteiger partial charge on any atom is 0.269 e. The number of non-ortho nitro benzene ring substituents is 1. The number of nitrogens with one attached hydrogen (secondary N) is 1. The van der Waals surface area contributed by atoms with Gasteiger partial charge in [0.15, 0.2) is 0 Å². The van der Waals surface area contributed by atoms with Gasteiger partial charge in [-0.1, -0.05) is 5.16 Å². The third-order valence-corrected chi connectivity index (χ3v) is 3.48. The average Bonchev–Trinajstić information content (AvgIpc) is 2.96. The predicted molar refractivity (Wildman–Crippen MR) is 88.5 cm³/mol. The van der Waals surface area contributed by atoms with Crippen LogP contribution in [-0.2, 0) is 11.3 Å². The molecule has 8 nitrogen and oxygen atoms in total. The Balaban J connectivity index is 1.69. The molecule has 2 rings (SSSR count). The van der Waals surface area contributed by atoms with E-state index in [1.165, 1.54) is 12.1 Å². The molecule has 0 fully saturated rings. The lowest BCUT2D eigenvalue weighted by Gasteiger charge is -2.15. The van der Waals surface area contributed by atoms with E-state index in [9.17, 15) is 14.9 Å². The predicted octanol–water partition coefficient (Wildman–Crippen LogP) is 2.74. The van der Waals surface area contributed by atoms with Gasteiger partial charge >= 0.3 is 0 Å². The smallest absolute Gasteiger partial charge is 0.269 e. The molecule has 0 aliphatic rings. The highest BCUT2D eigenvalue weighted by atomic mass is 16.6. The van der Waals surface area contributed by atoms with Crippen molar-refractivity contribution < 1.29 is 14.2 Å². The monoisotopic (exact) mass is 332 g/mol. The van der Waals surface area contributed by atoms with Crippen molar-refractivity contribution >= 4 is 17.3 Å². The summed E-state index contributed by atoms with van der Waals surface area (Å²) in [4.78, 5) is 23.8. The fourth-order valence-corrected chi connectivity index (χ4v) is 2.19. The third-order valence-electron chi connectivity index (χ3n) is 3.48. The van der Waals surface area contributed by atoms with Gasteiger partial charge in [0.2, 0.25) is 5.91 Å². The van der Waals surface area contributed by atoms with Crippen LogP contribution in [0.25, 0.3) is 0 Å². The molecule has 0 aliphatic heterocycles. The van der Waals surface area contributed by atoms with E-state index in [0.29, 0.717) is 25.9 Å². The maximum absolute atomic E-state index is 12.0. The van der Waals surface area contributed by atoms with Crippen molar-refractivity contribution in [2.75, 3.05) is 18.9 Å². The SMILES string of the molecule is Cc1cc(CN(C)C(=O)CCCNc2ccc([N+](=O)[O-])cc2)no1. The fraction of sp³-hybridized carbons (Fsp3) is 0.375. The molecule has 1 aromatic carbocycles. The molecule has 24 heavy (non-hydrogen) atoms. The van der Waals surface area contributed by atoms with E-state index in [-0.39, 0.29) is 11.6 Å². The fourth-order valence-electron chi connectivity index (χ4n) is 2.19. The summed E-state index contributed by atoms with van der Waals surface area (Å²) in [5.41, 5.74) is 1.58. The van der Waals surface area contributed by atoms with Gasteiger partial charge in [-0.25, -0.2) is 0 Å². The van der Waals surface area contributed by atoms with Gasteiger partial charge < -0.3 is 14.7 Å². The first-order valence-electron chi connectivity index (χ1n) is 7.60. The summed E-state index contributed by atoms with van der Waals surface area (Å²) >= 11 is 0. The second-order valence-corrected chi connectivity index (χ2v) is 5.51. The zero-order valence-corrected chi connectivity index (χ0v) is 13.7. The quantitative estimate of drug-likeness (QED) is 0.453. The first-order valence-corrected chi connectivity index (χ1v) is 7.60. The lowest BCUT2D eigenvalue weighted by molar-refractivity contribution is -0.384. The van der Waals surface area contributed by atoms with E-state index in [1.54, 1.807) is 30.1 Å². The minimum atomic E-state index is -0.436. The van der Waals surface area contributed by atoms with Crippen LogP contribution >= 0.6 is 0 Å². The molecule has 1 aromatic heterocycles. The first kappa shape index (κ1) is 17.5. The van der Waals surface area contributed by atoms with Crippen LogP contribution in [0.15, 0.2) is 34.9 Å². The number of aryl methyl sites for hydroxylation is 1. The van der Waals surface area contributed by atoms with Crippen LogP contribution in [0.2, 0.25) is 0 Å². The van der Waals surface area contributed by atoms with Gasteiger partial charge in [0.05, 0.1) is 11.5 Å². The van der Waals surface area contributed by atoms with Gasteiger partial charge in [-0.15, -0.1) is 0 Å². The number of carbonyl (C=O) groups excluding carboxylic acids is 1. The second-order valence-electron chi connectivity index (χ2n) is 5.51. The Morgan fingerprint density at radius 3 is 2.67 bits per heavy atom. The number of anilines is 1. The van der Waals surface area contributed by atoms with Crippen LogP contribution in [0.1, 0.15) is 24.3 Å². The summed E-state index contributed by atoms with van der Waals surface area (Å²) in [5, 5.41) is 17.6. The highest BCUT2D eigenvalue weighted by molar-refractivity contribution is 5.75. The van der Waals surface area contributed by atoms with Crippen LogP contribution in [0, 0.1) is 17.0 Å². The van der Waals surface area contributed by atoms with Crippen molar-refractivity contribution in [3.8, 4) is 0 Å². The van der Waals surface area contributed by atoms with Gasteiger partial charge in [0.25, 0.3) is 5.69 Å². The van der Waals surface area contributed by atoms with Crippen molar-refractivity contribution in [1.82, 2.24) is 10.1 Å². The molecule has 0 unspecified atom stereocenters. The molecule has 1 heterocycles. The van der Waals surface area contributed by atoms with E-state index < -0.39 is 4.92 Å².